The van der Waals surface area contributed by atoms with Crippen LogP contribution in [0, 0.1) is 0 Å². The van der Waals surface area contributed by atoms with Gasteiger partial charge in [-0.15, -0.1) is 0 Å². The van der Waals surface area contributed by atoms with Crippen molar-refractivity contribution in [3.8, 4) is 0 Å². The molecule has 1 fully saturated rings. The third-order valence-corrected chi connectivity index (χ3v) is 1.45. The third kappa shape index (κ3) is 2.31. The molecule has 0 aromatic rings. The van der Waals surface area contributed by atoms with Gasteiger partial charge in [0.25, 0.3) is 0 Å². The fraction of sp³-hybridized carbons (Fsp3) is 1.00. The van der Waals surface area contributed by atoms with E-state index in [1.165, 1.54) is 25.7 Å². The molecule has 1 nitrogen and oxygen atoms in total. The lowest BCUT2D eigenvalue weighted by molar-refractivity contribution is 0.625. The zero-order chi connectivity index (χ0) is 5.82. The van der Waals surface area contributed by atoms with Gasteiger partial charge in [-0.05, 0) is 19.3 Å². The summed E-state index contributed by atoms with van der Waals surface area (Å²) in [5.74, 6) is 0. The maximum atomic E-state index is 4.43. The van der Waals surface area contributed by atoms with Gasteiger partial charge in [-0.1, -0.05) is 13.3 Å². The van der Waals surface area contributed by atoms with Gasteiger partial charge >= 0.3 is 0 Å². The summed E-state index contributed by atoms with van der Waals surface area (Å²) < 4.78 is 0. The van der Waals surface area contributed by atoms with E-state index in [2.05, 4.69) is 12.2 Å². The standard InChI is InChI=1S/C7H14N/c1-2-3-6-8-7-4-5-7/h7H,2-6H2,1H3. The van der Waals surface area contributed by atoms with Crippen molar-refractivity contribution in [3.63, 3.8) is 0 Å². The SMILES string of the molecule is CCCC[N]C1CC1. The second-order valence-electron chi connectivity index (χ2n) is 2.49. The third-order valence-electron chi connectivity index (χ3n) is 1.45. The molecule has 1 aliphatic rings. The highest BCUT2D eigenvalue weighted by Crippen LogP contribution is 2.19. The van der Waals surface area contributed by atoms with Crippen molar-refractivity contribution in [1.29, 1.82) is 0 Å². The van der Waals surface area contributed by atoms with E-state index < -0.39 is 0 Å². The highest BCUT2D eigenvalue weighted by molar-refractivity contribution is 4.79. The molecule has 0 N–H and O–H groups in total. The van der Waals surface area contributed by atoms with Crippen LogP contribution in [0.25, 0.3) is 0 Å². The number of rotatable bonds is 4. The van der Waals surface area contributed by atoms with E-state index in [0.717, 1.165) is 12.6 Å². The van der Waals surface area contributed by atoms with Crippen LogP contribution in [0.5, 0.6) is 0 Å². The van der Waals surface area contributed by atoms with Crippen LogP contribution < -0.4 is 5.32 Å². The Bertz CT molecular complexity index is 57.4. The first-order valence-electron chi connectivity index (χ1n) is 3.60. The van der Waals surface area contributed by atoms with Crippen LogP contribution in [-0.4, -0.2) is 12.6 Å². The van der Waals surface area contributed by atoms with Crippen molar-refractivity contribution in [2.45, 2.75) is 38.6 Å². The van der Waals surface area contributed by atoms with Gasteiger partial charge in [0.05, 0.1) is 0 Å². The van der Waals surface area contributed by atoms with Crippen molar-refractivity contribution in [2.75, 3.05) is 6.54 Å². The molecule has 0 aliphatic heterocycles. The Hall–Kier alpha value is -0.0400. The molecule has 0 spiro atoms. The summed E-state index contributed by atoms with van der Waals surface area (Å²) in [6.45, 7) is 3.32. The van der Waals surface area contributed by atoms with Gasteiger partial charge < -0.3 is 0 Å². The summed E-state index contributed by atoms with van der Waals surface area (Å²) in [6.07, 6.45) is 5.31. The lowest BCUT2D eigenvalue weighted by atomic mass is 10.3. The average molecular weight is 112 g/mol. The lowest BCUT2D eigenvalue weighted by Gasteiger charge is -1.94. The van der Waals surface area contributed by atoms with Gasteiger partial charge in [-0.2, -0.15) is 0 Å². The largest absolute Gasteiger partial charge is 0.238 e. The highest BCUT2D eigenvalue weighted by atomic mass is 14.9. The molecule has 0 unspecified atom stereocenters. The fourth-order valence-corrected chi connectivity index (χ4v) is 0.689. The second-order valence-corrected chi connectivity index (χ2v) is 2.49. The van der Waals surface area contributed by atoms with E-state index >= 15 is 0 Å². The van der Waals surface area contributed by atoms with Crippen molar-refractivity contribution in [3.05, 3.63) is 0 Å². The van der Waals surface area contributed by atoms with Crippen LogP contribution in [0.15, 0.2) is 0 Å². The van der Waals surface area contributed by atoms with Gasteiger partial charge in [0.2, 0.25) is 0 Å². The van der Waals surface area contributed by atoms with Crippen LogP contribution in [0.3, 0.4) is 0 Å². The summed E-state index contributed by atoms with van der Waals surface area (Å²) in [7, 11) is 0. The van der Waals surface area contributed by atoms with E-state index in [0.29, 0.717) is 0 Å². The molecular weight excluding hydrogens is 98.1 g/mol. The first kappa shape index (κ1) is 6.09. The molecule has 0 saturated heterocycles. The van der Waals surface area contributed by atoms with E-state index in [9.17, 15) is 0 Å². The average Bonchev–Trinajstić information content (AvgIpc) is 2.51. The molecule has 1 radical (unpaired) electrons. The van der Waals surface area contributed by atoms with Crippen molar-refractivity contribution >= 4 is 0 Å². The van der Waals surface area contributed by atoms with Gasteiger partial charge in [0, 0.05) is 12.6 Å². The normalized spacial score (nSPS) is 19.1. The molecule has 0 amide bonds. The predicted molar refractivity (Wildman–Crippen MR) is 34.9 cm³/mol. The van der Waals surface area contributed by atoms with Gasteiger partial charge in [0.15, 0.2) is 0 Å². The maximum Gasteiger partial charge on any atom is 0.0247 e. The molecule has 0 aromatic heterocycles. The minimum absolute atomic E-state index is 0.779. The maximum absolute atomic E-state index is 4.43. The summed E-state index contributed by atoms with van der Waals surface area (Å²) in [5.41, 5.74) is 0. The van der Waals surface area contributed by atoms with Crippen LogP contribution in [0.2, 0.25) is 0 Å². The Labute approximate surface area is 51.5 Å². The van der Waals surface area contributed by atoms with Gasteiger partial charge in [0.1, 0.15) is 0 Å². The smallest absolute Gasteiger partial charge is 0.0247 e. The summed E-state index contributed by atoms with van der Waals surface area (Å²) in [6, 6.07) is 0.779. The topological polar surface area (TPSA) is 14.1 Å². The Balaban J connectivity index is 1.74. The van der Waals surface area contributed by atoms with Crippen LogP contribution in [-0.2, 0) is 0 Å². The zero-order valence-corrected chi connectivity index (χ0v) is 5.56. The van der Waals surface area contributed by atoms with Crippen LogP contribution in [0.4, 0.5) is 0 Å². The molecule has 1 saturated carbocycles. The fourth-order valence-electron chi connectivity index (χ4n) is 0.689. The van der Waals surface area contributed by atoms with Gasteiger partial charge in [-0.25, -0.2) is 5.32 Å². The number of hydrogen-bond acceptors (Lipinski definition) is 0. The van der Waals surface area contributed by atoms with E-state index in [1.807, 2.05) is 0 Å². The molecule has 8 heavy (non-hydrogen) atoms. The number of nitrogens with zero attached hydrogens (tertiary/aromatic N) is 1. The summed E-state index contributed by atoms with van der Waals surface area (Å²) in [5, 5.41) is 4.43. The quantitative estimate of drug-likeness (QED) is 0.490. The first-order chi connectivity index (χ1) is 3.93. The monoisotopic (exact) mass is 112 g/mol. The highest BCUT2D eigenvalue weighted by Gasteiger charge is 2.20. The molecule has 1 heteroatoms. The van der Waals surface area contributed by atoms with Crippen molar-refractivity contribution < 1.29 is 0 Å². The first-order valence-corrected chi connectivity index (χ1v) is 3.60. The zero-order valence-electron chi connectivity index (χ0n) is 5.56. The lowest BCUT2D eigenvalue weighted by Crippen LogP contribution is -2.07. The molecule has 1 rings (SSSR count). The van der Waals surface area contributed by atoms with Crippen LogP contribution in [0.1, 0.15) is 32.6 Å². The molecule has 0 aromatic carbocycles. The number of unbranched alkanes of at least 4 members (excludes halogenated alkanes) is 1. The van der Waals surface area contributed by atoms with Crippen LogP contribution >= 0.6 is 0 Å². The molecule has 0 heterocycles. The van der Waals surface area contributed by atoms with E-state index in [-0.39, 0.29) is 0 Å². The van der Waals surface area contributed by atoms with E-state index in [1.54, 1.807) is 0 Å². The minimum atomic E-state index is 0.779. The predicted octanol–water partition coefficient (Wildman–Crippen LogP) is 1.55. The Kier molecular flexibility index (Phi) is 2.34. The molecule has 0 bridgehead atoms. The second kappa shape index (κ2) is 3.08. The Morgan fingerprint density at radius 1 is 1.50 bits per heavy atom. The van der Waals surface area contributed by atoms with Crippen molar-refractivity contribution in [1.82, 2.24) is 5.32 Å². The molecule has 1 aliphatic carbocycles. The minimum Gasteiger partial charge on any atom is -0.238 e. The number of hydrogen-bond donors (Lipinski definition) is 0. The molecule has 0 atom stereocenters. The molecular formula is C7H14N. The van der Waals surface area contributed by atoms with E-state index in [4.69, 9.17) is 0 Å². The Morgan fingerprint density at radius 2 is 2.25 bits per heavy atom. The Morgan fingerprint density at radius 3 is 2.75 bits per heavy atom. The summed E-state index contributed by atoms with van der Waals surface area (Å²) in [4.78, 5) is 0. The van der Waals surface area contributed by atoms with Crippen molar-refractivity contribution in [2.24, 2.45) is 0 Å². The van der Waals surface area contributed by atoms with Gasteiger partial charge in [-0.3, -0.25) is 0 Å². The molecule has 47 valence electrons. The summed E-state index contributed by atoms with van der Waals surface area (Å²) >= 11 is 0.